The Hall–Kier alpha value is -1.81. The average molecular weight is 260 g/mol. The van der Waals surface area contributed by atoms with Crippen LogP contribution in [0.1, 0.15) is 15.9 Å². The summed E-state index contributed by atoms with van der Waals surface area (Å²) < 4.78 is 5.04. The molecule has 1 aliphatic heterocycles. The summed E-state index contributed by atoms with van der Waals surface area (Å²) in [6, 6.07) is 5.87. The van der Waals surface area contributed by atoms with E-state index in [0.717, 1.165) is 18.7 Å². The Morgan fingerprint density at radius 2 is 2.42 bits per heavy atom. The summed E-state index contributed by atoms with van der Waals surface area (Å²) in [4.78, 5) is 14.2. The molecule has 1 amide bonds. The standard InChI is InChI=1S/C15H20N2O2/c1-3-8-17(9-10-19-2)15(18)13-5-4-12-6-7-16-14(12)11-13/h3-5,11,16H,1,6-10H2,2H3. The van der Waals surface area contributed by atoms with E-state index >= 15 is 0 Å². The van der Waals surface area contributed by atoms with Crippen LogP contribution in [0.15, 0.2) is 30.9 Å². The third-order valence-electron chi connectivity index (χ3n) is 3.27. The molecule has 1 N–H and O–H groups in total. The molecule has 1 aliphatic rings. The second kappa shape index (κ2) is 6.38. The number of fused-ring (bicyclic) bond motifs is 1. The van der Waals surface area contributed by atoms with Crippen molar-refractivity contribution in [1.29, 1.82) is 0 Å². The summed E-state index contributed by atoms with van der Waals surface area (Å²) in [5.41, 5.74) is 3.07. The van der Waals surface area contributed by atoms with Crippen LogP contribution in [0.25, 0.3) is 0 Å². The van der Waals surface area contributed by atoms with E-state index in [1.165, 1.54) is 5.56 Å². The summed E-state index contributed by atoms with van der Waals surface area (Å²) in [5.74, 6) is 0.0217. The highest BCUT2D eigenvalue weighted by Gasteiger charge is 2.17. The van der Waals surface area contributed by atoms with E-state index < -0.39 is 0 Å². The van der Waals surface area contributed by atoms with Gasteiger partial charge in [-0.3, -0.25) is 4.79 Å². The van der Waals surface area contributed by atoms with Crippen LogP contribution in [0.4, 0.5) is 5.69 Å². The number of carbonyl (C=O) groups is 1. The van der Waals surface area contributed by atoms with Crippen molar-refractivity contribution in [2.45, 2.75) is 6.42 Å². The van der Waals surface area contributed by atoms with Gasteiger partial charge in [0.25, 0.3) is 5.91 Å². The number of amides is 1. The molecule has 0 bridgehead atoms. The fourth-order valence-electron chi connectivity index (χ4n) is 2.24. The molecule has 0 unspecified atom stereocenters. The fourth-order valence-corrected chi connectivity index (χ4v) is 2.24. The predicted molar refractivity (Wildman–Crippen MR) is 76.6 cm³/mol. The maximum atomic E-state index is 12.4. The Kier molecular flexibility index (Phi) is 4.58. The van der Waals surface area contributed by atoms with Gasteiger partial charge in [0.05, 0.1) is 6.61 Å². The highest BCUT2D eigenvalue weighted by Crippen LogP contribution is 2.23. The number of nitrogens with zero attached hydrogens (tertiary/aromatic N) is 1. The van der Waals surface area contributed by atoms with Crippen molar-refractivity contribution in [1.82, 2.24) is 4.90 Å². The monoisotopic (exact) mass is 260 g/mol. The zero-order valence-corrected chi connectivity index (χ0v) is 11.3. The van der Waals surface area contributed by atoms with Crippen LogP contribution < -0.4 is 5.32 Å². The third-order valence-corrected chi connectivity index (χ3v) is 3.27. The van der Waals surface area contributed by atoms with Gasteiger partial charge in [-0.15, -0.1) is 6.58 Å². The van der Waals surface area contributed by atoms with Crippen LogP contribution in [-0.4, -0.2) is 44.2 Å². The normalized spacial score (nSPS) is 12.7. The first kappa shape index (κ1) is 13.6. The van der Waals surface area contributed by atoms with Gasteiger partial charge >= 0.3 is 0 Å². The number of ether oxygens (including phenoxy) is 1. The molecule has 19 heavy (non-hydrogen) atoms. The summed E-state index contributed by atoms with van der Waals surface area (Å²) in [6.07, 6.45) is 2.77. The highest BCUT2D eigenvalue weighted by molar-refractivity contribution is 5.95. The molecule has 0 spiro atoms. The number of anilines is 1. The van der Waals surface area contributed by atoms with Crippen LogP contribution in [0, 0.1) is 0 Å². The third kappa shape index (κ3) is 3.15. The van der Waals surface area contributed by atoms with Crippen LogP contribution in [-0.2, 0) is 11.2 Å². The maximum absolute atomic E-state index is 12.4. The number of benzene rings is 1. The largest absolute Gasteiger partial charge is 0.384 e. The number of methoxy groups -OCH3 is 1. The molecular formula is C15H20N2O2. The van der Waals surface area contributed by atoms with Crippen molar-refractivity contribution in [2.24, 2.45) is 0 Å². The van der Waals surface area contributed by atoms with Gasteiger partial charge in [0.1, 0.15) is 0 Å². The lowest BCUT2D eigenvalue weighted by molar-refractivity contribution is 0.0718. The lowest BCUT2D eigenvalue weighted by Gasteiger charge is -2.21. The molecule has 0 aromatic heterocycles. The van der Waals surface area contributed by atoms with Crippen molar-refractivity contribution in [3.05, 3.63) is 42.0 Å². The van der Waals surface area contributed by atoms with Crippen molar-refractivity contribution < 1.29 is 9.53 Å². The Labute approximate surface area is 114 Å². The lowest BCUT2D eigenvalue weighted by atomic mass is 10.1. The molecular weight excluding hydrogens is 240 g/mol. The van der Waals surface area contributed by atoms with Gasteiger partial charge in [-0.2, -0.15) is 0 Å². The lowest BCUT2D eigenvalue weighted by Crippen LogP contribution is -2.34. The van der Waals surface area contributed by atoms with Crippen LogP contribution in [0.2, 0.25) is 0 Å². The SMILES string of the molecule is C=CCN(CCOC)C(=O)c1ccc2c(c1)NCC2. The minimum Gasteiger partial charge on any atom is -0.384 e. The summed E-state index contributed by atoms with van der Waals surface area (Å²) in [6.45, 7) is 6.29. The molecule has 0 fully saturated rings. The summed E-state index contributed by atoms with van der Waals surface area (Å²) >= 11 is 0. The quantitative estimate of drug-likeness (QED) is 0.795. The topological polar surface area (TPSA) is 41.6 Å². The molecule has 0 atom stereocenters. The predicted octanol–water partition coefficient (Wildman–Crippen LogP) is 1.93. The van der Waals surface area contributed by atoms with E-state index in [1.54, 1.807) is 18.1 Å². The smallest absolute Gasteiger partial charge is 0.254 e. The molecule has 1 heterocycles. The van der Waals surface area contributed by atoms with Gasteiger partial charge in [-0.1, -0.05) is 12.1 Å². The van der Waals surface area contributed by atoms with Crippen molar-refractivity contribution in [3.8, 4) is 0 Å². The minimum absolute atomic E-state index is 0.0217. The molecule has 0 saturated heterocycles. The molecule has 102 valence electrons. The fraction of sp³-hybridized carbons (Fsp3) is 0.400. The average Bonchev–Trinajstić information content (AvgIpc) is 2.90. The first-order chi connectivity index (χ1) is 9.26. The van der Waals surface area contributed by atoms with Gasteiger partial charge in [-0.05, 0) is 24.1 Å². The molecule has 1 aromatic rings. The van der Waals surface area contributed by atoms with Crippen LogP contribution in [0.5, 0.6) is 0 Å². The number of rotatable bonds is 6. The van der Waals surface area contributed by atoms with E-state index in [1.807, 2.05) is 18.2 Å². The van der Waals surface area contributed by atoms with E-state index in [9.17, 15) is 4.79 Å². The van der Waals surface area contributed by atoms with E-state index in [0.29, 0.717) is 25.3 Å². The minimum atomic E-state index is 0.0217. The molecule has 0 radical (unpaired) electrons. The maximum Gasteiger partial charge on any atom is 0.254 e. The Morgan fingerprint density at radius 3 is 3.16 bits per heavy atom. The molecule has 1 aromatic carbocycles. The van der Waals surface area contributed by atoms with Gasteiger partial charge in [0.2, 0.25) is 0 Å². The number of carbonyl (C=O) groups excluding carboxylic acids is 1. The van der Waals surface area contributed by atoms with Crippen molar-refractivity contribution in [3.63, 3.8) is 0 Å². The number of hydrogen-bond donors (Lipinski definition) is 1. The summed E-state index contributed by atoms with van der Waals surface area (Å²) in [7, 11) is 1.63. The van der Waals surface area contributed by atoms with Crippen molar-refractivity contribution in [2.75, 3.05) is 38.7 Å². The molecule has 0 aliphatic carbocycles. The zero-order valence-electron chi connectivity index (χ0n) is 11.3. The van der Waals surface area contributed by atoms with E-state index in [2.05, 4.69) is 11.9 Å². The van der Waals surface area contributed by atoms with Crippen molar-refractivity contribution >= 4 is 11.6 Å². The van der Waals surface area contributed by atoms with Crippen LogP contribution >= 0.6 is 0 Å². The molecule has 2 rings (SSSR count). The second-order valence-electron chi connectivity index (χ2n) is 4.58. The van der Waals surface area contributed by atoms with Gasteiger partial charge in [-0.25, -0.2) is 0 Å². The molecule has 4 nitrogen and oxygen atoms in total. The van der Waals surface area contributed by atoms with Crippen LogP contribution in [0.3, 0.4) is 0 Å². The Morgan fingerprint density at radius 1 is 1.58 bits per heavy atom. The Balaban J connectivity index is 2.14. The second-order valence-corrected chi connectivity index (χ2v) is 4.58. The van der Waals surface area contributed by atoms with E-state index in [4.69, 9.17) is 4.74 Å². The highest BCUT2D eigenvalue weighted by atomic mass is 16.5. The Bertz CT molecular complexity index is 471. The first-order valence-corrected chi connectivity index (χ1v) is 6.52. The molecule has 4 heteroatoms. The summed E-state index contributed by atoms with van der Waals surface area (Å²) in [5, 5.41) is 3.29. The molecule has 0 saturated carbocycles. The number of hydrogen-bond acceptors (Lipinski definition) is 3. The van der Waals surface area contributed by atoms with Gasteiger partial charge in [0, 0.05) is 38.0 Å². The van der Waals surface area contributed by atoms with Gasteiger partial charge in [0.15, 0.2) is 0 Å². The zero-order chi connectivity index (χ0) is 13.7. The van der Waals surface area contributed by atoms with Gasteiger partial charge < -0.3 is 15.0 Å². The van der Waals surface area contributed by atoms with E-state index in [-0.39, 0.29) is 5.91 Å². The first-order valence-electron chi connectivity index (χ1n) is 6.52. The number of nitrogens with one attached hydrogen (secondary N) is 1.